The van der Waals surface area contributed by atoms with Gasteiger partial charge in [-0.05, 0) is 30.0 Å². The molecule has 0 aliphatic heterocycles. The van der Waals surface area contributed by atoms with Crippen molar-refractivity contribution in [2.45, 2.75) is 39.3 Å². The Morgan fingerprint density at radius 3 is 2.26 bits per heavy atom. The van der Waals surface area contributed by atoms with Crippen LogP contribution in [0.3, 0.4) is 0 Å². The molecule has 1 atom stereocenters. The fourth-order valence-corrected chi connectivity index (χ4v) is 2.25. The molecule has 0 aliphatic carbocycles. The Morgan fingerprint density at radius 1 is 1.13 bits per heavy atom. The van der Waals surface area contributed by atoms with Gasteiger partial charge in [0.2, 0.25) is 5.91 Å². The second-order valence-electron chi connectivity index (χ2n) is 5.81. The zero-order valence-corrected chi connectivity index (χ0v) is 13.5. The van der Waals surface area contributed by atoms with E-state index in [4.69, 9.17) is 5.11 Å². The number of carboxylic acid groups (broad SMARTS) is 1. The summed E-state index contributed by atoms with van der Waals surface area (Å²) in [6.07, 6.45) is 1.48. The number of nitrogens with zero attached hydrogens (tertiary/aromatic N) is 2. The second-order valence-corrected chi connectivity index (χ2v) is 5.81. The molecule has 0 radical (unpaired) electrons. The van der Waals surface area contributed by atoms with Crippen molar-refractivity contribution < 1.29 is 14.7 Å². The number of nitrogens with one attached hydrogen (secondary N) is 1. The summed E-state index contributed by atoms with van der Waals surface area (Å²) < 4.78 is 1.31. The average Bonchev–Trinajstić information content (AvgIpc) is 2.95. The molecule has 122 valence electrons. The van der Waals surface area contributed by atoms with Crippen LogP contribution in [0.4, 0.5) is 0 Å². The summed E-state index contributed by atoms with van der Waals surface area (Å²) in [5, 5.41) is 15.5. The number of rotatable bonds is 6. The lowest BCUT2D eigenvalue weighted by Crippen LogP contribution is -2.30. The standard InChI is InChI=1S/C17H21N3O3/c1-11(2)13-4-6-14(7-5-13)12(3)18-16(21)10-20-9-8-15(19-20)17(22)23/h4-9,11-12H,10H2,1-3H3,(H,18,21)(H,22,23). The molecule has 2 aromatic rings. The molecule has 0 spiro atoms. The largest absolute Gasteiger partial charge is 0.476 e. The Labute approximate surface area is 135 Å². The van der Waals surface area contributed by atoms with E-state index < -0.39 is 5.97 Å². The molecule has 1 aromatic carbocycles. The first-order valence-electron chi connectivity index (χ1n) is 7.52. The highest BCUT2D eigenvalue weighted by molar-refractivity contribution is 5.85. The van der Waals surface area contributed by atoms with Crippen LogP contribution in [0, 0.1) is 0 Å². The highest BCUT2D eigenvalue weighted by Crippen LogP contribution is 2.18. The maximum atomic E-state index is 12.0. The first-order chi connectivity index (χ1) is 10.9. The summed E-state index contributed by atoms with van der Waals surface area (Å²) in [6.45, 7) is 6.17. The highest BCUT2D eigenvalue weighted by atomic mass is 16.4. The van der Waals surface area contributed by atoms with E-state index in [0.717, 1.165) is 5.56 Å². The average molecular weight is 315 g/mol. The van der Waals surface area contributed by atoms with Gasteiger partial charge in [-0.15, -0.1) is 0 Å². The first-order valence-corrected chi connectivity index (χ1v) is 7.52. The van der Waals surface area contributed by atoms with Crippen LogP contribution in [0.25, 0.3) is 0 Å². The fraction of sp³-hybridized carbons (Fsp3) is 0.353. The molecule has 0 saturated carbocycles. The molecule has 1 amide bonds. The molecular formula is C17H21N3O3. The van der Waals surface area contributed by atoms with E-state index in [1.807, 2.05) is 19.1 Å². The van der Waals surface area contributed by atoms with E-state index in [2.05, 4.69) is 36.4 Å². The lowest BCUT2D eigenvalue weighted by Gasteiger charge is -2.15. The number of carboxylic acids is 1. The number of hydrogen-bond acceptors (Lipinski definition) is 3. The SMILES string of the molecule is CC(C)c1ccc(C(C)NC(=O)Cn2ccc(C(=O)O)n2)cc1. The van der Waals surface area contributed by atoms with E-state index in [1.165, 1.54) is 22.5 Å². The van der Waals surface area contributed by atoms with Crippen LogP contribution in [0.2, 0.25) is 0 Å². The number of carbonyl (C=O) groups is 2. The van der Waals surface area contributed by atoms with Crippen molar-refractivity contribution in [2.75, 3.05) is 0 Å². The third-order valence-electron chi connectivity index (χ3n) is 3.65. The number of carbonyl (C=O) groups excluding carboxylic acids is 1. The Morgan fingerprint density at radius 2 is 1.74 bits per heavy atom. The van der Waals surface area contributed by atoms with Crippen molar-refractivity contribution >= 4 is 11.9 Å². The minimum atomic E-state index is -1.11. The fourth-order valence-electron chi connectivity index (χ4n) is 2.25. The lowest BCUT2D eigenvalue weighted by molar-refractivity contribution is -0.122. The normalized spacial score (nSPS) is 12.2. The topological polar surface area (TPSA) is 84.2 Å². The summed E-state index contributed by atoms with van der Waals surface area (Å²) in [4.78, 5) is 22.8. The maximum absolute atomic E-state index is 12.0. The van der Waals surface area contributed by atoms with Crippen molar-refractivity contribution in [2.24, 2.45) is 0 Å². The summed E-state index contributed by atoms with van der Waals surface area (Å²) in [5.74, 6) is -0.856. The zero-order chi connectivity index (χ0) is 17.0. The number of aromatic carboxylic acids is 1. The van der Waals surface area contributed by atoms with Crippen LogP contribution in [0.15, 0.2) is 36.5 Å². The second kappa shape index (κ2) is 7.09. The predicted molar refractivity (Wildman–Crippen MR) is 86.3 cm³/mol. The van der Waals surface area contributed by atoms with Crippen molar-refractivity contribution in [3.8, 4) is 0 Å². The molecular weight excluding hydrogens is 294 g/mol. The summed E-state index contributed by atoms with van der Waals surface area (Å²) >= 11 is 0. The Hall–Kier alpha value is -2.63. The molecule has 6 nitrogen and oxygen atoms in total. The van der Waals surface area contributed by atoms with Crippen LogP contribution >= 0.6 is 0 Å². The van der Waals surface area contributed by atoms with E-state index in [9.17, 15) is 9.59 Å². The molecule has 1 heterocycles. The van der Waals surface area contributed by atoms with Gasteiger partial charge >= 0.3 is 5.97 Å². The van der Waals surface area contributed by atoms with Crippen molar-refractivity contribution in [3.63, 3.8) is 0 Å². The van der Waals surface area contributed by atoms with Gasteiger partial charge in [-0.2, -0.15) is 5.10 Å². The molecule has 0 aliphatic rings. The number of hydrogen-bond donors (Lipinski definition) is 2. The Kier molecular flexibility index (Phi) is 5.16. The third kappa shape index (κ3) is 4.42. The molecule has 1 unspecified atom stereocenters. The molecule has 2 rings (SSSR count). The van der Waals surface area contributed by atoms with Crippen molar-refractivity contribution in [1.82, 2.24) is 15.1 Å². The van der Waals surface area contributed by atoms with Gasteiger partial charge in [0.05, 0.1) is 6.04 Å². The smallest absolute Gasteiger partial charge is 0.356 e. The number of aromatic nitrogens is 2. The van der Waals surface area contributed by atoms with Crippen molar-refractivity contribution in [1.29, 1.82) is 0 Å². The molecule has 0 bridgehead atoms. The summed E-state index contributed by atoms with van der Waals surface area (Å²) in [7, 11) is 0. The van der Waals surface area contributed by atoms with Crippen molar-refractivity contribution in [3.05, 3.63) is 53.3 Å². The molecule has 1 aromatic heterocycles. The number of benzene rings is 1. The van der Waals surface area contributed by atoms with E-state index in [1.54, 1.807) is 0 Å². The van der Waals surface area contributed by atoms with E-state index >= 15 is 0 Å². The molecule has 6 heteroatoms. The minimum absolute atomic E-state index is 0.0122. The van der Waals surface area contributed by atoms with Crippen LogP contribution in [0.5, 0.6) is 0 Å². The van der Waals surface area contributed by atoms with Gasteiger partial charge in [-0.25, -0.2) is 4.79 Å². The lowest BCUT2D eigenvalue weighted by atomic mass is 9.99. The molecule has 23 heavy (non-hydrogen) atoms. The molecule has 0 fully saturated rings. The van der Waals surface area contributed by atoms with Gasteiger partial charge in [0.25, 0.3) is 0 Å². The van der Waals surface area contributed by atoms with Gasteiger partial charge in [0, 0.05) is 6.20 Å². The van der Waals surface area contributed by atoms with Gasteiger partial charge in [0.15, 0.2) is 5.69 Å². The van der Waals surface area contributed by atoms with E-state index in [0.29, 0.717) is 5.92 Å². The highest BCUT2D eigenvalue weighted by Gasteiger charge is 2.12. The quantitative estimate of drug-likeness (QED) is 0.858. The van der Waals surface area contributed by atoms with Crippen LogP contribution in [-0.4, -0.2) is 26.8 Å². The van der Waals surface area contributed by atoms with Gasteiger partial charge in [0.1, 0.15) is 6.54 Å². The third-order valence-corrected chi connectivity index (χ3v) is 3.65. The molecule has 2 N–H and O–H groups in total. The van der Waals surface area contributed by atoms with Crippen LogP contribution in [0.1, 0.15) is 54.3 Å². The summed E-state index contributed by atoms with van der Waals surface area (Å²) in [5.41, 5.74) is 2.20. The van der Waals surface area contributed by atoms with Gasteiger partial charge < -0.3 is 10.4 Å². The first kappa shape index (κ1) is 16.7. The maximum Gasteiger partial charge on any atom is 0.356 e. The zero-order valence-electron chi connectivity index (χ0n) is 13.5. The van der Waals surface area contributed by atoms with Gasteiger partial charge in [-0.1, -0.05) is 38.1 Å². The Balaban J connectivity index is 1.94. The van der Waals surface area contributed by atoms with Crippen LogP contribution < -0.4 is 5.32 Å². The Bertz CT molecular complexity index is 689. The summed E-state index contributed by atoms with van der Waals surface area (Å²) in [6, 6.07) is 9.39. The monoisotopic (exact) mass is 315 g/mol. The van der Waals surface area contributed by atoms with E-state index in [-0.39, 0.29) is 24.2 Å². The predicted octanol–water partition coefficient (Wildman–Crippen LogP) is 2.58. The molecule has 0 saturated heterocycles. The van der Waals surface area contributed by atoms with Crippen LogP contribution in [-0.2, 0) is 11.3 Å². The number of amides is 1. The van der Waals surface area contributed by atoms with Gasteiger partial charge in [-0.3, -0.25) is 9.48 Å². The minimum Gasteiger partial charge on any atom is -0.476 e.